The van der Waals surface area contributed by atoms with E-state index in [4.69, 9.17) is 5.11 Å². The minimum Gasteiger partial charge on any atom is -0.478 e. The summed E-state index contributed by atoms with van der Waals surface area (Å²) in [6, 6.07) is 0. The molecule has 0 saturated heterocycles. The van der Waals surface area contributed by atoms with E-state index in [2.05, 4.69) is 0 Å². The van der Waals surface area contributed by atoms with Gasteiger partial charge in [-0.2, -0.15) is 0 Å². The van der Waals surface area contributed by atoms with E-state index in [-0.39, 0.29) is 5.78 Å². The Labute approximate surface area is 72.1 Å². The number of aliphatic carboxylic acids is 1. The maximum Gasteiger partial charge on any atom is 0.328 e. The molecule has 0 bridgehead atoms. The number of carbonyl (C=O) groups is 2. The van der Waals surface area contributed by atoms with E-state index >= 15 is 0 Å². The number of carbonyl (C=O) groups excluding carboxylic acids is 1. The second-order valence-electron chi connectivity index (χ2n) is 2.67. The van der Waals surface area contributed by atoms with Gasteiger partial charge in [0.1, 0.15) is 0 Å². The molecule has 0 radical (unpaired) electrons. The Hall–Kier alpha value is -1.12. The van der Waals surface area contributed by atoms with Crippen molar-refractivity contribution < 1.29 is 14.7 Å². The van der Waals surface area contributed by atoms with Gasteiger partial charge in [-0.05, 0) is 19.8 Å². The first-order chi connectivity index (χ1) is 5.57. The molecular formula is C9H14O3. The third-order valence-corrected chi connectivity index (χ3v) is 1.55. The molecule has 0 unspecified atom stereocenters. The van der Waals surface area contributed by atoms with Gasteiger partial charge in [-0.25, -0.2) is 4.79 Å². The lowest BCUT2D eigenvalue weighted by Gasteiger charge is -1.99. The van der Waals surface area contributed by atoms with Gasteiger partial charge in [-0.1, -0.05) is 13.3 Å². The summed E-state index contributed by atoms with van der Waals surface area (Å²) in [4.78, 5) is 21.1. The van der Waals surface area contributed by atoms with Crippen LogP contribution in [0.2, 0.25) is 0 Å². The summed E-state index contributed by atoms with van der Waals surface area (Å²) in [5, 5.41) is 8.40. The van der Waals surface area contributed by atoms with Crippen LogP contribution in [0, 0.1) is 0 Å². The monoisotopic (exact) mass is 170 g/mol. The second kappa shape index (κ2) is 5.52. The SMILES string of the molecule is CCCCC(=CC(=O)O)C(C)=O. The van der Waals surface area contributed by atoms with Gasteiger partial charge in [0.05, 0.1) is 0 Å². The molecule has 68 valence electrons. The molecule has 0 aromatic heterocycles. The van der Waals surface area contributed by atoms with Crippen LogP contribution < -0.4 is 0 Å². The fraction of sp³-hybridized carbons (Fsp3) is 0.556. The first-order valence-corrected chi connectivity index (χ1v) is 4.02. The van der Waals surface area contributed by atoms with Crippen molar-refractivity contribution in [1.29, 1.82) is 0 Å². The van der Waals surface area contributed by atoms with Gasteiger partial charge in [0, 0.05) is 11.6 Å². The van der Waals surface area contributed by atoms with Crippen LogP contribution in [0.5, 0.6) is 0 Å². The van der Waals surface area contributed by atoms with Crippen molar-refractivity contribution in [1.82, 2.24) is 0 Å². The second-order valence-corrected chi connectivity index (χ2v) is 2.67. The number of hydrogen-bond acceptors (Lipinski definition) is 2. The van der Waals surface area contributed by atoms with Crippen molar-refractivity contribution >= 4 is 11.8 Å². The molecule has 0 aromatic carbocycles. The number of rotatable bonds is 5. The molecular weight excluding hydrogens is 156 g/mol. The maximum atomic E-state index is 10.9. The van der Waals surface area contributed by atoms with Gasteiger partial charge in [-0.15, -0.1) is 0 Å². The molecule has 1 N–H and O–H groups in total. The number of unbranched alkanes of at least 4 members (excludes halogenated alkanes) is 1. The van der Waals surface area contributed by atoms with Crippen LogP contribution in [0.3, 0.4) is 0 Å². The van der Waals surface area contributed by atoms with E-state index < -0.39 is 5.97 Å². The molecule has 0 atom stereocenters. The van der Waals surface area contributed by atoms with Crippen molar-refractivity contribution in [3.8, 4) is 0 Å². The van der Waals surface area contributed by atoms with E-state index in [0.29, 0.717) is 12.0 Å². The Bertz CT molecular complexity index is 204. The Kier molecular flexibility index (Phi) is 5.00. The maximum absolute atomic E-state index is 10.9. The van der Waals surface area contributed by atoms with Crippen molar-refractivity contribution in [2.75, 3.05) is 0 Å². The average molecular weight is 170 g/mol. The Morgan fingerprint density at radius 1 is 1.42 bits per heavy atom. The largest absolute Gasteiger partial charge is 0.478 e. The number of carboxylic acid groups (broad SMARTS) is 1. The van der Waals surface area contributed by atoms with Crippen LogP contribution in [-0.4, -0.2) is 16.9 Å². The number of hydrogen-bond donors (Lipinski definition) is 1. The van der Waals surface area contributed by atoms with Crippen LogP contribution in [0.1, 0.15) is 33.1 Å². The van der Waals surface area contributed by atoms with Gasteiger partial charge >= 0.3 is 5.97 Å². The molecule has 0 fully saturated rings. The van der Waals surface area contributed by atoms with Crippen LogP contribution in [0.25, 0.3) is 0 Å². The van der Waals surface area contributed by atoms with E-state index in [1.165, 1.54) is 6.92 Å². The fourth-order valence-electron chi connectivity index (χ4n) is 0.866. The van der Waals surface area contributed by atoms with Gasteiger partial charge in [-0.3, -0.25) is 4.79 Å². The molecule has 0 saturated carbocycles. The minimum absolute atomic E-state index is 0.147. The van der Waals surface area contributed by atoms with Gasteiger partial charge < -0.3 is 5.11 Å². The van der Waals surface area contributed by atoms with Gasteiger partial charge in [0.25, 0.3) is 0 Å². The van der Waals surface area contributed by atoms with Gasteiger partial charge in [0.15, 0.2) is 5.78 Å². The first-order valence-electron chi connectivity index (χ1n) is 4.02. The molecule has 3 nitrogen and oxygen atoms in total. The molecule has 0 aliphatic heterocycles. The summed E-state index contributed by atoms with van der Waals surface area (Å²) in [5.74, 6) is -1.19. The lowest BCUT2D eigenvalue weighted by Crippen LogP contribution is -2.00. The van der Waals surface area contributed by atoms with Crippen molar-refractivity contribution in [3.05, 3.63) is 11.6 Å². The minimum atomic E-state index is -1.05. The molecule has 0 rings (SSSR count). The third-order valence-electron chi connectivity index (χ3n) is 1.55. The van der Waals surface area contributed by atoms with Crippen molar-refractivity contribution in [3.63, 3.8) is 0 Å². The molecule has 0 amide bonds. The lowest BCUT2D eigenvalue weighted by molar-refractivity contribution is -0.131. The van der Waals surface area contributed by atoms with Crippen molar-refractivity contribution in [2.24, 2.45) is 0 Å². The predicted molar refractivity (Wildman–Crippen MR) is 45.9 cm³/mol. The van der Waals surface area contributed by atoms with Crippen molar-refractivity contribution in [2.45, 2.75) is 33.1 Å². The van der Waals surface area contributed by atoms with E-state index in [1.54, 1.807) is 0 Å². The zero-order valence-electron chi connectivity index (χ0n) is 7.46. The Morgan fingerprint density at radius 3 is 2.33 bits per heavy atom. The normalized spacial score (nSPS) is 11.3. The van der Waals surface area contributed by atoms with Crippen LogP contribution >= 0.6 is 0 Å². The number of carboxylic acids is 1. The van der Waals surface area contributed by atoms with Crippen LogP contribution in [-0.2, 0) is 9.59 Å². The standard InChI is InChI=1S/C9H14O3/c1-3-4-5-8(7(2)10)6-9(11)12/h6H,3-5H2,1-2H3,(H,11,12). The molecule has 3 heteroatoms. The lowest BCUT2D eigenvalue weighted by atomic mass is 10.1. The average Bonchev–Trinajstić information content (AvgIpc) is 1.96. The van der Waals surface area contributed by atoms with E-state index in [1.807, 2.05) is 6.92 Å². The number of allylic oxidation sites excluding steroid dienone is 1. The highest BCUT2D eigenvalue weighted by molar-refractivity contribution is 5.98. The summed E-state index contributed by atoms with van der Waals surface area (Å²) in [6.45, 7) is 3.39. The molecule has 0 spiro atoms. The fourth-order valence-corrected chi connectivity index (χ4v) is 0.866. The highest BCUT2D eigenvalue weighted by Gasteiger charge is 2.04. The number of ketones is 1. The predicted octanol–water partition coefficient (Wildman–Crippen LogP) is 1.78. The summed E-state index contributed by atoms with van der Waals surface area (Å²) in [7, 11) is 0. The Morgan fingerprint density at radius 2 is 2.00 bits per heavy atom. The summed E-state index contributed by atoms with van der Waals surface area (Å²) >= 11 is 0. The Balaban J connectivity index is 4.23. The molecule has 0 aromatic rings. The van der Waals surface area contributed by atoms with E-state index in [9.17, 15) is 9.59 Å². The zero-order chi connectivity index (χ0) is 9.56. The van der Waals surface area contributed by atoms with Crippen LogP contribution in [0.15, 0.2) is 11.6 Å². The summed E-state index contributed by atoms with van der Waals surface area (Å²) in [5.41, 5.74) is 0.407. The molecule has 0 heterocycles. The van der Waals surface area contributed by atoms with E-state index in [0.717, 1.165) is 18.9 Å². The number of Topliss-reactive ketones (excluding diaryl/α,β-unsaturated/α-hetero) is 1. The molecule has 0 aliphatic rings. The van der Waals surface area contributed by atoms with Gasteiger partial charge in [0.2, 0.25) is 0 Å². The molecule has 12 heavy (non-hydrogen) atoms. The summed E-state index contributed by atoms with van der Waals surface area (Å²) in [6.07, 6.45) is 3.39. The summed E-state index contributed by atoms with van der Waals surface area (Å²) < 4.78 is 0. The highest BCUT2D eigenvalue weighted by Crippen LogP contribution is 2.07. The third kappa shape index (κ3) is 4.66. The van der Waals surface area contributed by atoms with Crippen LogP contribution in [0.4, 0.5) is 0 Å². The first kappa shape index (κ1) is 10.9. The molecule has 0 aliphatic carbocycles. The topological polar surface area (TPSA) is 54.4 Å². The zero-order valence-corrected chi connectivity index (χ0v) is 7.46. The highest BCUT2D eigenvalue weighted by atomic mass is 16.4. The smallest absolute Gasteiger partial charge is 0.328 e. The quantitative estimate of drug-likeness (QED) is 0.640.